The number of hydrogen-bond acceptors (Lipinski definition) is 3. The molecule has 0 aliphatic carbocycles. The number of nitrogens with zero attached hydrogens (tertiary/aromatic N) is 2. The van der Waals surface area contributed by atoms with Crippen LogP contribution in [0.2, 0.25) is 0 Å². The maximum atomic E-state index is 5.58. The summed E-state index contributed by atoms with van der Waals surface area (Å²) >= 11 is 0. The van der Waals surface area contributed by atoms with Crippen LogP contribution in [0.25, 0.3) is 0 Å². The third-order valence-electron chi connectivity index (χ3n) is 2.95. The lowest BCUT2D eigenvalue weighted by Crippen LogP contribution is -2.11. The summed E-state index contributed by atoms with van der Waals surface area (Å²) in [5.41, 5.74) is 7.97. The van der Waals surface area contributed by atoms with Gasteiger partial charge >= 0.3 is 0 Å². The van der Waals surface area contributed by atoms with E-state index in [4.69, 9.17) is 10.5 Å². The molecule has 96 valence electrons. The molecule has 0 saturated heterocycles. The van der Waals surface area contributed by atoms with Crippen molar-refractivity contribution >= 4 is 0 Å². The number of hydrogen-bond donors (Lipinski definition) is 1. The molecule has 0 amide bonds. The minimum absolute atomic E-state index is 0.613. The van der Waals surface area contributed by atoms with Crippen LogP contribution < -0.4 is 10.5 Å². The van der Waals surface area contributed by atoms with Crippen molar-refractivity contribution in [1.82, 2.24) is 9.55 Å². The molecule has 0 bridgehead atoms. The van der Waals surface area contributed by atoms with Gasteiger partial charge in [-0.1, -0.05) is 17.7 Å². The van der Waals surface area contributed by atoms with E-state index in [0.717, 1.165) is 30.1 Å². The quantitative estimate of drug-likeness (QED) is 0.873. The Morgan fingerprint density at radius 1 is 1.39 bits per heavy atom. The van der Waals surface area contributed by atoms with Crippen molar-refractivity contribution in [2.45, 2.75) is 19.9 Å². The second kappa shape index (κ2) is 5.69. The second-order valence-corrected chi connectivity index (χ2v) is 4.33. The van der Waals surface area contributed by atoms with Crippen LogP contribution in [0, 0.1) is 6.92 Å². The zero-order valence-electron chi connectivity index (χ0n) is 10.9. The molecule has 0 unspecified atom stereocenters. The molecule has 2 rings (SSSR count). The highest BCUT2D eigenvalue weighted by atomic mass is 16.5. The lowest BCUT2D eigenvalue weighted by atomic mass is 10.1. The SMILES string of the molecule is COc1ccc(C)cc1Cn1ccnc1CCN. The van der Waals surface area contributed by atoms with Gasteiger partial charge in [0.25, 0.3) is 0 Å². The van der Waals surface area contributed by atoms with Crippen molar-refractivity contribution in [1.29, 1.82) is 0 Å². The van der Waals surface area contributed by atoms with Crippen LogP contribution in [0.1, 0.15) is 17.0 Å². The highest BCUT2D eigenvalue weighted by molar-refractivity contribution is 5.37. The molecule has 1 heterocycles. The molecule has 0 radical (unpaired) electrons. The van der Waals surface area contributed by atoms with Crippen molar-refractivity contribution in [2.24, 2.45) is 5.73 Å². The maximum Gasteiger partial charge on any atom is 0.123 e. The van der Waals surface area contributed by atoms with Crippen LogP contribution in [-0.2, 0) is 13.0 Å². The monoisotopic (exact) mass is 245 g/mol. The molecule has 1 aromatic heterocycles. The van der Waals surface area contributed by atoms with E-state index in [1.165, 1.54) is 5.56 Å². The van der Waals surface area contributed by atoms with Gasteiger partial charge in [0.1, 0.15) is 11.6 Å². The van der Waals surface area contributed by atoms with Crippen LogP contribution in [0.4, 0.5) is 0 Å². The molecule has 0 aliphatic heterocycles. The van der Waals surface area contributed by atoms with Gasteiger partial charge in [-0.25, -0.2) is 4.98 Å². The average molecular weight is 245 g/mol. The molecular formula is C14H19N3O. The standard InChI is InChI=1S/C14H19N3O/c1-11-3-4-13(18-2)12(9-11)10-17-8-7-16-14(17)5-6-15/h3-4,7-9H,5-6,10,15H2,1-2H3. The van der Waals surface area contributed by atoms with Gasteiger partial charge in [-0.15, -0.1) is 0 Å². The molecule has 4 nitrogen and oxygen atoms in total. The largest absolute Gasteiger partial charge is 0.496 e. The fourth-order valence-electron chi connectivity index (χ4n) is 2.06. The van der Waals surface area contributed by atoms with E-state index in [0.29, 0.717) is 6.54 Å². The Morgan fingerprint density at radius 2 is 2.22 bits per heavy atom. The first-order valence-corrected chi connectivity index (χ1v) is 6.08. The number of rotatable bonds is 5. The summed E-state index contributed by atoms with van der Waals surface area (Å²) in [6, 6.07) is 6.20. The molecule has 2 N–H and O–H groups in total. The molecule has 0 aliphatic rings. The second-order valence-electron chi connectivity index (χ2n) is 4.33. The number of ether oxygens (including phenoxy) is 1. The van der Waals surface area contributed by atoms with Crippen LogP contribution >= 0.6 is 0 Å². The first-order chi connectivity index (χ1) is 8.74. The molecule has 0 atom stereocenters. The molecule has 0 saturated carbocycles. The third-order valence-corrected chi connectivity index (χ3v) is 2.95. The van der Waals surface area contributed by atoms with E-state index < -0.39 is 0 Å². The van der Waals surface area contributed by atoms with Crippen molar-refractivity contribution in [2.75, 3.05) is 13.7 Å². The Kier molecular flexibility index (Phi) is 3.99. The lowest BCUT2D eigenvalue weighted by molar-refractivity contribution is 0.408. The molecule has 4 heteroatoms. The van der Waals surface area contributed by atoms with Gasteiger partial charge in [0.2, 0.25) is 0 Å². The van der Waals surface area contributed by atoms with E-state index in [9.17, 15) is 0 Å². The van der Waals surface area contributed by atoms with Gasteiger partial charge in [0, 0.05) is 24.4 Å². The average Bonchev–Trinajstić information content (AvgIpc) is 2.78. The predicted octanol–water partition coefficient (Wildman–Crippen LogP) is 1.75. The number of methoxy groups -OCH3 is 1. The number of imidazole rings is 1. The van der Waals surface area contributed by atoms with Gasteiger partial charge in [0.05, 0.1) is 13.7 Å². The van der Waals surface area contributed by atoms with Gasteiger partial charge < -0.3 is 15.0 Å². The van der Waals surface area contributed by atoms with Gasteiger partial charge in [0.15, 0.2) is 0 Å². The van der Waals surface area contributed by atoms with Crippen LogP contribution in [0.5, 0.6) is 5.75 Å². The fourth-order valence-corrected chi connectivity index (χ4v) is 2.06. The Balaban J connectivity index is 2.27. The Labute approximate surface area is 107 Å². The molecule has 1 aromatic carbocycles. The summed E-state index contributed by atoms with van der Waals surface area (Å²) in [5.74, 6) is 1.93. The summed E-state index contributed by atoms with van der Waals surface area (Å²) in [6.07, 6.45) is 4.58. The fraction of sp³-hybridized carbons (Fsp3) is 0.357. The van der Waals surface area contributed by atoms with Crippen molar-refractivity contribution < 1.29 is 4.74 Å². The summed E-state index contributed by atoms with van der Waals surface area (Å²) < 4.78 is 7.51. The van der Waals surface area contributed by atoms with E-state index in [-0.39, 0.29) is 0 Å². The maximum absolute atomic E-state index is 5.58. The first kappa shape index (κ1) is 12.6. The summed E-state index contributed by atoms with van der Waals surface area (Å²) in [5, 5.41) is 0. The summed E-state index contributed by atoms with van der Waals surface area (Å²) in [6.45, 7) is 3.46. The molecule has 2 aromatic rings. The minimum atomic E-state index is 0.613. The molecular weight excluding hydrogens is 226 g/mol. The molecule has 18 heavy (non-hydrogen) atoms. The number of benzene rings is 1. The zero-order chi connectivity index (χ0) is 13.0. The summed E-state index contributed by atoms with van der Waals surface area (Å²) in [4.78, 5) is 4.32. The smallest absolute Gasteiger partial charge is 0.123 e. The van der Waals surface area contributed by atoms with Crippen LogP contribution in [0.3, 0.4) is 0 Å². The predicted molar refractivity (Wildman–Crippen MR) is 71.8 cm³/mol. The van der Waals surface area contributed by atoms with E-state index in [1.807, 2.05) is 18.5 Å². The number of aromatic nitrogens is 2. The Bertz CT molecular complexity index is 520. The van der Waals surface area contributed by atoms with E-state index in [2.05, 4.69) is 28.6 Å². The summed E-state index contributed by atoms with van der Waals surface area (Å²) in [7, 11) is 1.70. The van der Waals surface area contributed by atoms with Crippen molar-refractivity contribution in [3.8, 4) is 5.75 Å². The zero-order valence-corrected chi connectivity index (χ0v) is 10.9. The Hall–Kier alpha value is -1.81. The minimum Gasteiger partial charge on any atom is -0.496 e. The normalized spacial score (nSPS) is 10.6. The first-order valence-electron chi connectivity index (χ1n) is 6.08. The highest BCUT2D eigenvalue weighted by Gasteiger charge is 2.07. The number of aryl methyl sites for hydroxylation is 1. The lowest BCUT2D eigenvalue weighted by Gasteiger charge is -2.12. The van der Waals surface area contributed by atoms with Crippen molar-refractivity contribution in [3.05, 3.63) is 47.5 Å². The Morgan fingerprint density at radius 3 is 2.94 bits per heavy atom. The molecule has 0 spiro atoms. The van der Waals surface area contributed by atoms with Crippen molar-refractivity contribution in [3.63, 3.8) is 0 Å². The van der Waals surface area contributed by atoms with Crippen LogP contribution in [-0.4, -0.2) is 23.2 Å². The number of nitrogens with two attached hydrogens (primary N) is 1. The van der Waals surface area contributed by atoms with E-state index in [1.54, 1.807) is 7.11 Å². The van der Waals surface area contributed by atoms with E-state index >= 15 is 0 Å². The van der Waals surface area contributed by atoms with Gasteiger partial charge in [-0.05, 0) is 19.5 Å². The van der Waals surface area contributed by atoms with Gasteiger partial charge in [-0.3, -0.25) is 0 Å². The third kappa shape index (κ3) is 2.71. The highest BCUT2D eigenvalue weighted by Crippen LogP contribution is 2.21. The van der Waals surface area contributed by atoms with Crippen LogP contribution in [0.15, 0.2) is 30.6 Å². The van der Waals surface area contributed by atoms with Gasteiger partial charge in [-0.2, -0.15) is 0 Å². The molecule has 0 fully saturated rings. The topological polar surface area (TPSA) is 53.1 Å².